The largest absolute Gasteiger partial charge is 0.506 e. The molecule has 142 valence electrons. The molecular weight excluding hydrogens is 356 g/mol. The Morgan fingerprint density at radius 2 is 1.57 bits per heavy atom. The number of fused-ring (bicyclic) bond motifs is 2. The molecule has 0 radical (unpaired) electrons. The highest BCUT2D eigenvalue weighted by molar-refractivity contribution is 5.76. The molecule has 4 rings (SSSR count). The van der Waals surface area contributed by atoms with Crippen molar-refractivity contribution in [2.75, 3.05) is 6.61 Å². The minimum atomic E-state index is -0.165. The second-order valence-corrected chi connectivity index (χ2v) is 7.01. The normalized spacial score (nSPS) is 12.6. The van der Waals surface area contributed by atoms with Gasteiger partial charge in [-0.25, -0.2) is 24.9 Å². The highest BCUT2D eigenvalue weighted by Crippen LogP contribution is 2.30. The van der Waals surface area contributed by atoms with E-state index >= 15 is 0 Å². The van der Waals surface area contributed by atoms with Gasteiger partial charge in [-0.1, -0.05) is 20.8 Å². The molecule has 28 heavy (non-hydrogen) atoms. The molecule has 0 bridgehead atoms. The van der Waals surface area contributed by atoms with Crippen LogP contribution in [0.2, 0.25) is 0 Å². The van der Waals surface area contributed by atoms with Gasteiger partial charge in [-0.05, 0) is 18.1 Å². The Morgan fingerprint density at radius 1 is 0.929 bits per heavy atom. The van der Waals surface area contributed by atoms with E-state index in [2.05, 4.69) is 43.8 Å². The molecule has 4 heterocycles. The highest BCUT2D eigenvalue weighted by atomic mass is 16.5. The zero-order valence-corrected chi connectivity index (χ0v) is 15.9. The van der Waals surface area contributed by atoms with Gasteiger partial charge in [-0.2, -0.15) is 4.98 Å². The molecule has 0 fully saturated rings. The van der Waals surface area contributed by atoms with E-state index < -0.39 is 0 Å². The van der Waals surface area contributed by atoms with Gasteiger partial charge in [0.05, 0.1) is 12.3 Å². The van der Waals surface area contributed by atoms with Crippen LogP contribution >= 0.6 is 0 Å². The predicted molar refractivity (Wildman–Crippen MR) is 104 cm³/mol. The van der Waals surface area contributed by atoms with Crippen LogP contribution in [0.3, 0.4) is 0 Å². The minimum absolute atomic E-state index is 0.0988. The van der Waals surface area contributed by atoms with Gasteiger partial charge in [-0.3, -0.25) is 0 Å². The summed E-state index contributed by atoms with van der Waals surface area (Å²) >= 11 is 0. The van der Waals surface area contributed by atoms with Gasteiger partial charge in [0.1, 0.15) is 18.4 Å². The van der Waals surface area contributed by atoms with Gasteiger partial charge in [-0.15, -0.1) is 0 Å². The van der Waals surface area contributed by atoms with Crippen LogP contribution in [0.5, 0.6) is 11.6 Å². The average Bonchev–Trinajstić information content (AvgIpc) is 2.70. The Balaban J connectivity index is 1.62. The summed E-state index contributed by atoms with van der Waals surface area (Å²) in [6.07, 6.45) is 6.27. The van der Waals surface area contributed by atoms with E-state index in [1.807, 2.05) is 13.0 Å². The highest BCUT2D eigenvalue weighted by Gasteiger charge is 2.18. The molecule has 0 saturated carbocycles. The molecule has 0 aliphatic rings. The number of aromatic hydroxyl groups is 1. The van der Waals surface area contributed by atoms with E-state index in [9.17, 15) is 5.11 Å². The Morgan fingerprint density at radius 3 is 2.25 bits per heavy atom. The van der Waals surface area contributed by atoms with Crippen LogP contribution < -0.4 is 4.74 Å². The maximum absolute atomic E-state index is 10.4. The van der Waals surface area contributed by atoms with Crippen LogP contribution in [-0.4, -0.2) is 41.6 Å². The fourth-order valence-electron chi connectivity index (χ4n) is 3.02. The molecule has 4 aromatic rings. The summed E-state index contributed by atoms with van der Waals surface area (Å²) in [4.78, 5) is 25.4. The summed E-state index contributed by atoms with van der Waals surface area (Å²) in [7, 11) is 0. The third-order valence-corrected chi connectivity index (χ3v) is 4.54. The van der Waals surface area contributed by atoms with Crippen LogP contribution in [0, 0.1) is 0 Å². The molecule has 0 spiro atoms. The van der Waals surface area contributed by atoms with Crippen LogP contribution in [-0.2, 0) is 0 Å². The van der Waals surface area contributed by atoms with E-state index in [4.69, 9.17) is 4.74 Å². The molecule has 0 saturated heterocycles. The van der Waals surface area contributed by atoms with Crippen LogP contribution in [0.1, 0.15) is 43.9 Å². The van der Waals surface area contributed by atoms with E-state index in [0.29, 0.717) is 34.9 Å². The lowest BCUT2D eigenvalue weighted by Crippen LogP contribution is -2.12. The van der Waals surface area contributed by atoms with Gasteiger partial charge in [0, 0.05) is 34.6 Å². The summed E-state index contributed by atoms with van der Waals surface area (Å²) in [6.45, 7) is 6.41. The third-order valence-electron chi connectivity index (χ3n) is 4.54. The first-order valence-corrected chi connectivity index (χ1v) is 9.06. The molecule has 8 nitrogen and oxygen atoms in total. The monoisotopic (exact) mass is 376 g/mol. The molecule has 8 heteroatoms. The molecule has 1 atom stereocenters. The zero-order chi connectivity index (χ0) is 19.7. The lowest BCUT2D eigenvalue weighted by Gasteiger charge is -2.17. The molecular formula is C20H20N6O2. The Labute approximate surface area is 161 Å². The quantitative estimate of drug-likeness (QED) is 0.565. The van der Waals surface area contributed by atoms with Crippen molar-refractivity contribution in [1.29, 1.82) is 0 Å². The number of hydrogen-bond acceptors (Lipinski definition) is 8. The number of nitrogens with zero attached hydrogens (tertiary/aromatic N) is 6. The second-order valence-electron chi connectivity index (χ2n) is 7.01. The van der Waals surface area contributed by atoms with Crippen molar-refractivity contribution in [3.8, 4) is 11.6 Å². The van der Waals surface area contributed by atoms with Gasteiger partial charge < -0.3 is 9.84 Å². The average molecular weight is 376 g/mol. The van der Waals surface area contributed by atoms with Crippen molar-refractivity contribution in [3.63, 3.8) is 0 Å². The fraction of sp³-hybridized carbons (Fsp3) is 0.300. The van der Waals surface area contributed by atoms with E-state index in [1.165, 1.54) is 12.7 Å². The summed E-state index contributed by atoms with van der Waals surface area (Å²) in [6, 6.07) is 3.63. The summed E-state index contributed by atoms with van der Waals surface area (Å²) in [5.74, 6) is 0.700. The van der Waals surface area contributed by atoms with Crippen molar-refractivity contribution in [1.82, 2.24) is 29.9 Å². The van der Waals surface area contributed by atoms with Crippen molar-refractivity contribution in [3.05, 3.63) is 48.4 Å². The summed E-state index contributed by atoms with van der Waals surface area (Å²) < 4.78 is 6.03. The van der Waals surface area contributed by atoms with Gasteiger partial charge in [0.25, 0.3) is 0 Å². The van der Waals surface area contributed by atoms with Crippen molar-refractivity contribution >= 4 is 22.1 Å². The lowest BCUT2D eigenvalue weighted by molar-refractivity contribution is 0.277. The summed E-state index contributed by atoms with van der Waals surface area (Å²) in [5, 5.41) is 11.9. The van der Waals surface area contributed by atoms with Gasteiger partial charge in [0.2, 0.25) is 5.88 Å². The maximum atomic E-state index is 10.4. The van der Waals surface area contributed by atoms with Crippen molar-refractivity contribution < 1.29 is 9.84 Å². The number of hydrogen-bond donors (Lipinski definition) is 1. The molecule has 0 aliphatic heterocycles. The smallest absolute Gasteiger partial charge is 0.218 e. The first-order valence-electron chi connectivity index (χ1n) is 9.06. The first kappa shape index (κ1) is 18.0. The number of ether oxygens (including phenoxy) is 1. The SMILES string of the molecule is CC(C)c1cc2cncnc2nc1OCC(C)c1nc2ncncc2cc1O. The Hall–Kier alpha value is -3.42. The number of aromatic nitrogens is 6. The lowest BCUT2D eigenvalue weighted by atomic mass is 10.0. The van der Waals surface area contributed by atoms with Gasteiger partial charge in [0.15, 0.2) is 11.3 Å². The van der Waals surface area contributed by atoms with Gasteiger partial charge >= 0.3 is 0 Å². The molecule has 0 amide bonds. The third kappa shape index (κ3) is 3.40. The van der Waals surface area contributed by atoms with Crippen LogP contribution in [0.4, 0.5) is 0 Å². The molecule has 1 N–H and O–H groups in total. The second kappa shape index (κ2) is 7.30. The van der Waals surface area contributed by atoms with E-state index in [0.717, 1.165) is 10.9 Å². The Bertz CT molecular complexity index is 1150. The molecule has 1 unspecified atom stereocenters. The fourth-order valence-corrected chi connectivity index (χ4v) is 3.02. The van der Waals surface area contributed by atoms with E-state index in [1.54, 1.807) is 18.5 Å². The number of rotatable bonds is 5. The molecule has 4 aromatic heterocycles. The summed E-state index contributed by atoms with van der Waals surface area (Å²) in [5.41, 5.74) is 2.64. The molecule has 0 aliphatic carbocycles. The standard InChI is InChI=1S/C20H20N6O2/c1-11(2)15-4-13-6-21-10-24-19(13)26-20(15)28-8-12(3)17-16(27)5-14-7-22-9-23-18(14)25-17/h4-7,9-12,27H,8H2,1-3H3. The van der Waals surface area contributed by atoms with Crippen molar-refractivity contribution in [2.24, 2.45) is 0 Å². The topological polar surface area (TPSA) is 107 Å². The predicted octanol–water partition coefficient (Wildman–Crippen LogP) is 3.37. The zero-order valence-electron chi connectivity index (χ0n) is 15.9. The van der Waals surface area contributed by atoms with Crippen LogP contribution in [0.15, 0.2) is 37.2 Å². The number of pyridine rings is 2. The van der Waals surface area contributed by atoms with Crippen molar-refractivity contribution in [2.45, 2.75) is 32.6 Å². The minimum Gasteiger partial charge on any atom is -0.506 e. The maximum Gasteiger partial charge on any atom is 0.218 e. The molecule has 0 aromatic carbocycles. The van der Waals surface area contributed by atoms with Crippen LogP contribution in [0.25, 0.3) is 22.1 Å². The first-order chi connectivity index (χ1) is 13.5. The van der Waals surface area contributed by atoms with E-state index in [-0.39, 0.29) is 17.6 Å². The Kier molecular flexibility index (Phi) is 4.68.